The first-order valence-electron chi connectivity index (χ1n) is 8.90. The zero-order valence-electron chi connectivity index (χ0n) is 15.2. The number of benzene rings is 1. The van der Waals surface area contributed by atoms with Gasteiger partial charge in [-0.2, -0.15) is 0 Å². The third-order valence-corrected chi connectivity index (χ3v) is 4.88. The van der Waals surface area contributed by atoms with Crippen molar-refractivity contribution in [3.05, 3.63) is 40.9 Å². The number of hydrogen-bond acceptors (Lipinski definition) is 4. The number of nitrogens with one attached hydrogen (secondary N) is 1. The summed E-state index contributed by atoms with van der Waals surface area (Å²) in [6.45, 7) is 2.24. The Morgan fingerprint density at radius 2 is 2.26 bits per heavy atom. The molecule has 146 valence electrons. The van der Waals surface area contributed by atoms with E-state index in [1.54, 1.807) is 24.3 Å². The second-order valence-corrected chi connectivity index (χ2v) is 7.35. The van der Waals surface area contributed by atoms with Crippen LogP contribution in [0, 0.1) is 5.92 Å². The number of nitrogens with zero attached hydrogens (tertiary/aromatic N) is 2. The van der Waals surface area contributed by atoms with Crippen LogP contribution in [0.25, 0.3) is 0 Å². The highest BCUT2D eigenvalue weighted by Crippen LogP contribution is 2.21. The number of hydrogen-bond donors (Lipinski definition) is 2. The summed E-state index contributed by atoms with van der Waals surface area (Å²) < 4.78 is 0.840. The van der Waals surface area contributed by atoms with E-state index in [4.69, 9.17) is 0 Å². The Morgan fingerprint density at radius 1 is 1.48 bits per heavy atom. The van der Waals surface area contributed by atoms with E-state index in [-0.39, 0.29) is 24.8 Å². The van der Waals surface area contributed by atoms with Gasteiger partial charge < -0.3 is 10.2 Å². The lowest BCUT2D eigenvalue weighted by Crippen LogP contribution is -2.47. The van der Waals surface area contributed by atoms with E-state index in [9.17, 15) is 19.6 Å². The van der Waals surface area contributed by atoms with Gasteiger partial charge in [0.1, 0.15) is 6.04 Å². The van der Waals surface area contributed by atoms with Crippen LogP contribution in [-0.2, 0) is 14.4 Å². The van der Waals surface area contributed by atoms with Crippen molar-refractivity contribution >= 4 is 39.8 Å². The summed E-state index contributed by atoms with van der Waals surface area (Å²) in [6.07, 6.45) is 5.97. The highest BCUT2D eigenvalue weighted by Gasteiger charge is 2.34. The Labute approximate surface area is 167 Å². The minimum absolute atomic E-state index is 0.0845. The molecule has 1 aliphatic rings. The number of carbonyl (C=O) groups is 3. The molecule has 1 heterocycles. The first kappa shape index (κ1) is 21.1. The molecule has 1 aromatic rings. The van der Waals surface area contributed by atoms with Gasteiger partial charge in [0, 0.05) is 16.7 Å². The van der Waals surface area contributed by atoms with Crippen LogP contribution in [0.2, 0.25) is 0 Å². The lowest BCUT2D eigenvalue weighted by Gasteiger charge is -2.29. The molecule has 1 aliphatic heterocycles. The molecule has 0 fully saturated rings. The summed E-state index contributed by atoms with van der Waals surface area (Å²) in [7, 11) is 0. The number of carbonyl (C=O) groups excluding carboxylic acids is 3. The molecule has 27 heavy (non-hydrogen) atoms. The van der Waals surface area contributed by atoms with Crippen LogP contribution in [0.4, 0.5) is 5.69 Å². The van der Waals surface area contributed by atoms with Crippen molar-refractivity contribution in [2.75, 3.05) is 18.4 Å². The van der Waals surface area contributed by atoms with Crippen molar-refractivity contribution in [1.29, 1.82) is 0 Å². The maximum Gasteiger partial charge on any atom is 0.251 e. The summed E-state index contributed by atoms with van der Waals surface area (Å²) >= 11 is 3.36. The smallest absolute Gasteiger partial charge is 0.251 e. The zero-order chi connectivity index (χ0) is 19.8. The van der Waals surface area contributed by atoms with Gasteiger partial charge in [-0.3, -0.25) is 19.6 Å². The molecule has 7 nitrogen and oxygen atoms in total. The Bertz CT molecular complexity index is 710. The highest BCUT2D eigenvalue weighted by atomic mass is 79.9. The van der Waals surface area contributed by atoms with E-state index < -0.39 is 12.0 Å². The van der Waals surface area contributed by atoms with Gasteiger partial charge in [-0.15, -0.1) is 0 Å². The van der Waals surface area contributed by atoms with Crippen LogP contribution in [0.15, 0.2) is 40.9 Å². The van der Waals surface area contributed by atoms with E-state index in [0.29, 0.717) is 23.7 Å². The van der Waals surface area contributed by atoms with Crippen molar-refractivity contribution in [3.8, 4) is 0 Å². The van der Waals surface area contributed by atoms with Crippen LogP contribution in [0.5, 0.6) is 0 Å². The van der Waals surface area contributed by atoms with Crippen LogP contribution in [-0.4, -0.2) is 52.5 Å². The topological polar surface area (TPSA) is 90.0 Å². The average Bonchev–Trinajstić information content (AvgIpc) is 3.14. The molecule has 0 aromatic heterocycles. The molecule has 0 radical (unpaired) electrons. The zero-order valence-corrected chi connectivity index (χ0v) is 16.8. The van der Waals surface area contributed by atoms with Crippen LogP contribution >= 0.6 is 15.9 Å². The van der Waals surface area contributed by atoms with Crippen molar-refractivity contribution in [3.63, 3.8) is 0 Å². The predicted octanol–water partition coefficient (Wildman–Crippen LogP) is 2.81. The van der Waals surface area contributed by atoms with E-state index in [1.807, 2.05) is 19.1 Å². The summed E-state index contributed by atoms with van der Waals surface area (Å²) in [6, 6.07) is 6.49. The molecule has 2 N–H and O–H groups in total. The molecule has 0 aliphatic carbocycles. The fraction of sp³-hybridized carbons (Fsp3) is 0.421. The molecular weight excluding hydrogens is 414 g/mol. The normalized spacial score (nSPS) is 16.9. The van der Waals surface area contributed by atoms with Gasteiger partial charge in [0.25, 0.3) is 5.91 Å². The Hall–Kier alpha value is -2.19. The number of rotatable bonds is 9. The third kappa shape index (κ3) is 5.90. The molecule has 1 aromatic carbocycles. The molecule has 0 saturated carbocycles. The number of hydroxylamine groups is 2. The maximum absolute atomic E-state index is 13.0. The van der Waals surface area contributed by atoms with E-state index in [0.717, 1.165) is 17.3 Å². The molecule has 2 atom stereocenters. The Kier molecular flexibility index (Phi) is 7.99. The molecule has 0 spiro atoms. The summed E-state index contributed by atoms with van der Waals surface area (Å²) in [5, 5.41) is 12.8. The molecule has 0 bridgehead atoms. The summed E-state index contributed by atoms with van der Waals surface area (Å²) in [5.74, 6) is -1.11. The molecule has 0 saturated heterocycles. The van der Waals surface area contributed by atoms with Gasteiger partial charge in [0.15, 0.2) is 0 Å². The quantitative estimate of drug-likeness (QED) is 0.269. The number of anilines is 1. The molecule has 2 rings (SSSR count). The molecule has 0 unspecified atom stereocenters. The monoisotopic (exact) mass is 437 g/mol. The lowest BCUT2D eigenvalue weighted by molar-refractivity contribution is -0.157. The first-order valence-corrected chi connectivity index (χ1v) is 9.70. The predicted molar refractivity (Wildman–Crippen MR) is 105 cm³/mol. The largest absolute Gasteiger partial charge is 0.324 e. The molecule has 3 amide bonds. The maximum atomic E-state index is 13.0. The fourth-order valence-electron chi connectivity index (χ4n) is 3.01. The SMILES string of the molecule is CCCC[C@H](CN(O)C=O)C(=O)N1CC=C[C@H]1C(=O)Nc1cccc(Br)c1. The Morgan fingerprint density at radius 3 is 2.93 bits per heavy atom. The number of amides is 3. The van der Waals surface area contributed by atoms with E-state index >= 15 is 0 Å². The third-order valence-electron chi connectivity index (χ3n) is 4.38. The van der Waals surface area contributed by atoms with Gasteiger partial charge >= 0.3 is 0 Å². The van der Waals surface area contributed by atoms with Crippen molar-refractivity contribution in [2.45, 2.75) is 32.2 Å². The molecule has 8 heteroatoms. The van der Waals surface area contributed by atoms with Gasteiger partial charge in [-0.05, 0) is 24.6 Å². The first-order chi connectivity index (χ1) is 13.0. The van der Waals surface area contributed by atoms with Gasteiger partial charge in [-0.25, -0.2) is 5.06 Å². The van der Waals surface area contributed by atoms with Crippen molar-refractivity contribution < 1.29 is 19.6 Å². The second kappa shape index (κ2) is 10.2. The Balaban J connectivity index is 2.09. The minimum atomic E-state index is -0.719. The standard InChI is InChI=1S/C19H24BrN3O4/c1-2-3-6-14(12-22(27)13-24)19(26)23-10-5-9-17(23)18(25)21-16-8-4-7-15(20)11-16/h4-5,7-9,11,13-14,17,27H,2-3,6,10,12H2,1H3,(H,21,25)/t14-,17+/m1/s1. The van der Waals surface area contributed by atoms with Gasteiger partial charge in [-0.1, -0.05) is 53.9 Å². The number of unbranched alkanes of at least 4 members (excludes halogenated alkanes) is 1. The van der Waals surface area contributed by atoms with Crippen molar-refractivity contribution in [2.24, 2.45) is 5.92 Å². The van der Waals surface area contributed by atoms with E-state index in [1.165, 1.54) is 4.90 Å². The van der Waals surface area contributed by atoms with E-state index in [2.05, 4.69) is 21.2 Å². The average molecular weight is 438 g/mol. The van der Waals surface area contributed by atoms with Crippen LogP contribution in [0.1, 0.15) is 26.2 Å². The van der Waals surface area contributed by atoms with Gasteiger partial charge in [0.05, 0.1) is 12.5 Å². The molecular formula is C19H24BrN3O4. The van der Waals surface area contributed by atoms with Crippen LogP contribution < -0.4 is 5.32 Å². The minimum Gasteiger partial charge on any atom is -0.324 e. The van der Waals surface area contributed by atoms with Crippen LogP contribution in [0.3, 0.4) is 0 Å². The second-order valence-electron chi connectivity index (χ2n) is 6.43. The summed E-state index contributed by atoms with van der Waals surface area (Å²) in [4.78, 5) is 37.8. The number of halogens is 1. The lowest BCUT2D eigenvalue weighted by atomic mass is 9.99. The summed E-state index contributed by atoms with van der Waals surface area (Å²) in [5.41, 5.74) is 0.632. The van der Waals surface area contributed by atoms with Crippen molar-refractivity contribution in [1.82, 2.24) is 9.96 Å². The fourth-order valence-corrected chi connectivity index (χ4v) is 3.41. The highest BCUT2D eigenvalue weighted by molar-refractivity contribution is 9.10. The van der Waals surface area contributed by atoms with Gasteiger partial charge in [0.2, 0.25) is 12.3 Å².